The Labute approximate surface area is 164 Å². The second-order valence-electron chi connectivity index (χ2n) is 6.68. The summed E-state index contributed by atoms with van der Waals surface area (Å²) in [4.78, 5) is 18.6. The molecule has 144 valence electrons. The first kappa shape index (κ1) is 18.6. The Bertz CT molecular complexity index is 1010. The lowest BCUT2D eigenvalue weighted by Gasteiger charge is -2.31. The van der Waals surface area contributed by atoms with Crippen LogP contribution in [0.2, 0.25) is 5.02 Å². The predicted octanol–water partition coefficient (Wildman–Crippen LogP) is 4.69. The van der Waals surface area contributed by atoms with Crippen molar-refractivity contribution >= 4 is 17.5 Å². The molecular weight excluding hydrogens is 388 g/mol. The van der Waals surface area contributed by atoms with E-state index < -0.39 is 17.5 Å². The number of piperidine rings is 1. The molecule has 0 N–H and O–H groups in total. The van der Waals surface area contributed by atoms with Crippen LogP contribution in [0.4, 0.5) is 8.78 Å². The van der Waals surface area contributed by atoms with Crippen molar-refractivity contribution in [1.82, 2.24) is 15.0 Å². The summed E-state index contributed by atoms with van der Waals surface area (Å²) in [5.41, 5.74) is 0.631. The van der Waals surface area contributed by atoms with Crippen LogP contribution in [0, 0.1) is 11.6 Å². The van der Waals surface area contributed by atoms with Crippen LogP contribution in [-0.4, -0.2) is 34.0 Å². The minimum atomic E-state index is -0.866. The van der Waals surface area contributed by atoms with Gasteiger partial charge in [-0.25, -0.2) is 8.78 Å². The molecule has 0 aliphatic carbocycles. The van der Waals surface area contributed by atoms with Gasteiger partial charge in [0.25, 0.3) is 5.91 Å². The van der Waals surface area contributed by atoms with Gasteiger partial charge in [-0.15, -0.1) is 0 Å². The summed E-state index contributed by atoms with van der Waals surface area (Å²) >= 11 is 5.89. The monoisotopic (exact) mass is 403 g/mol. The van der Waals surface area contributed by atoms with E-state index >= 15 is 0 Å². The molecule has 0 spiro atoms. The van der Waals surface area contributed by atoms with Crippen LogP contribution in [0.1, 0.15) is 35.0 Å². The molecule has 1 aliphatic rings. The number of amides is 1. The molecule has 3 aromatic rings. The fourth-order valence-electron chi connectivity index (χ4n) is 3.31. The van der Waals surface area contributed by atoms with Crippen molar-refractivity contribution in [3.63, 3.8) is 0 Å². The second kappa shape index (κ2) is 7.67. The quantitative estimate of drug-likeness (QED) is 0.636. The van der Waals surface area contributed by atoms with E-state index in [9.17, 15) is 13.6 Å². The maximum Gasteiger partial charge on any atom is 0.256 e. The van der Waals surface area contributed by atoms with Crippen molar-refractivity contribution in [2.24, 2.45) is 0 Å². The third-order valence-corrected chi connectivity index (χ3v) is 5.02. The molecule has 1 atom stereocenters. The van der Waals surface area contributed by atoms with Crippen molar-refractivity contribution in [3.8, 4) is 11.4 Å². The van der Waals surface area contributed by atoms with E-state index in [0.717, 1.165) is 24.5 Å². The van der Waals surface area contributed by atoms with E-state index in [1.807, 2.05) is 0 Å². The minimum absolute atomic E-state index is 0.144. The first-order chi connectivity index (χ1) is 13.5. The standard InChI is InChI=1S/C20H16ClF2N3O2/c21-14-5-3-12(4-6-14)18-24-19(28-25-18)13-2-1-9-26(11-13)20(27)16-8-7-15(22)10-17(16)23/h3-8,10,13H,1-2,9,11H2/t13-/m0/s1. The molecule has 2 heterocycles. The van der Waals surface area contributed by atoms with Crippen LogP contribution >= 0.6 is 11.6 Å². The summed E-state index contributed by atoms with van der Waals surface area (Å²) in [5.74, 6) is -1.32. The zero-order chi connectivity index (χ0) is 19.7. The van der Waals surface area contributed by atoms with E-state index in [1.54, 1.807) is 24.3 Å². The van der Waals surface area contributed by atoms with Crippen LogP contribution in [0.25, 0.3) is 11.4 Å². The van der Waals surface area contributed by atoms with E-state index in [1.165, 1.54) is 11.0 Å². The van der Waals surface area contributed by atoms with Crippen LogP contribution in [0.3, 0.4) is 0 Å². The lowest BCUT2D eigenvalue weighted by atomic mass is 9.97. The lowest BCUT2D eigenvalue weighted by Crippen LogP contribution is -2.39. The highest BCUT2D eigenvalue weighted by Gasteiger charge is 2.30. The summed E-state index contributed by atoms with van der Waals surface area (Å²) in [6.07, 6.45) is 1.50. The van der Waals surface area contributed by atoms with Crippen LogP contribution < -0.4 is 0 Å². The van der Waals surface area contributed by atoms with E-state index in [0.29, 0.717) is 35.9 Å². The molecule has 1 aliphatic heterocycles. The average molecular weight is 404 g/mol. The summed E-state index contributed by atoms with van der Waals surface area (Å²) in [7, 11) is 0. The fourth-order valence-corrected chi connectivity index (χ4v) is 3.44. The molecule has 8 heteroatoms. The Hall–Kier alpha value is -2.80. The predicted molar refractivity (Wildman–Crippen MR) is 99.0 cm³/mol. The third-order valence-electron chi connectivity index (χ3n) is 4.76. The maximum atomic E-state index is 14.0. The lowest BCUT2D eigenvalue weighted by molar-refractivity contribution is 0.0691. The Morgan fingerprint density at radius 2 is 1.96 bits per heavy atom. The Morgan fingerprint density at radius 3 is 2.71 bits per heavy atom. The molecule has 1 amide bonds. The SMILES string of the molecule is O=C(c1ccc(F)cc1F)N1CCC[C@H](c2nc(-c3ccc(Cl)cc3)no2)C1. The molecule has 0 saturated carbocycles. The molecule has 0 radical (unpaired) electrons. The highest BCUT2D eigenvalue weighted by Crippen LogP contribution is 2.29. The number of likely N-dealkylation sites (tertiary alicyclic amines) is 1. The largest absolute Gasteiger partial charge is 0.339 e. The molecule has 1 saturated heterocycles. The third kappa shape index (κ3) is 3.75. The van der Waals surface area contributed by atoms with Crippen molar-refractivity contribution < 1.29 is 18.1 Å². The van der Waals surface area contributed by atoms with Gasteiger partial charge in [-0.05, 0) is 49.2 Å². The van der Waals surface area contributed by atoms with Gasteiger partial charge in [-0.3, -0.25) is 4.79 Å². The first-order valence-electron chi connectivity index (χ1n) is 8.85. The van der Waals surface area contributed by atoms with E-state index in [-0.39, 0.29) is 11.5 Å². The first-order valence-corrected chi connectivity index (χ1v) is 9.23. The molecule has 1 aromatic heterocycles. The maximum absolute atomic E-state index is 14.0. The number of hydrogen-bond acceptors (Lipinski definition) is 4. The number of carbonyl (C=O) groups is 1. The molecule has 0 unspecified atom stereocenters. The van der Waals surface area contributed by atoms with Gasteiger partial charge in [-0.1, -0.05) is 16.8 Å². The fraction of sp³-hybridized carbons (Fsp3) is 0.250. The Kier molecular flexibility index (Phi) is 5.09. The van der Waals surface area contributed by atoms with Crippen molar-refractivity contribution in [1.29, 1.82) is 0 Å². The smallest absolute Gasteiger partial charge is 0.256 e. The van der Waals surface area contributed by atoms with E-state index in [2.05, 4.69) is 10.1 Å². The summed E-state index contributed by atoms with van der Waals surface area (Å²) < 4.78 is 32.5. The summed E-state index contributed by atoms with van der Waals surface area (Å²) in [5, 5.41) is 4.62. The molecular formula is C20H16ClF2N3O2. The molecule has 28 heavy (non-hydrogen) atoms. The number of carbonyl (C=O) groups excluding carboxylic acids is 1. The molecule has 4 rings (SSSR count). The zero-order valence-corrected chi connectivity index (χ0v) is 15.5. The van der Waals surface area contributed by atoms with Crippen molar-refractivity contribution in [2.45, 2.75) is 18.8 Å². The van der Waals surface area contributed by atoms with Gasteiger partial charge in [0.1, 0.15) is 11.6 Å². The Morgan fingerprint density at radius 1 is 1.18 bits per heavy atom. The minimum Gasteiger partial charge on any atom is -0.339 e. The number of halogens is 3. The molecule has 5 nitrogen and oxygen atoms in total. The highest BCUT2D eigenvalue weighted by atomic mass is 35.5. The Balaban J connectivity index is 1.51. The zero-order valence-electron chi connectivity index (χ0n) is 14.7. The topological polar surface area (TPSA) is 59.2 Å². The highest BCUT2D eigenvalue weighted by molar-refractivity contribution is 6.30. The van der Waals surface area contributed by atoms with Crippen molar-refractivity contribution in [3.05, 3.63) is 70.6 Å². The van der Waals surface area contributed by atoms with Gasteiger partial charge >= 0.3 is 0 Å². The van der Waals surface area contributed by atoms with Gasteiger partial charge in [0.2, 0.25) is 11.7 Å². The summed E-state index contributed by atoms with van der Waals surface area (Å²) in [6.45, 7) is 0.822. The van der Waals surface area contributed by atoms with Crippen molar-refractivity contribution in [2.75, 3.05) is 13.1 Å². The number of rotatable bonds is 3. The molecule has 2 aromatic carbocycles. The average Bonchev–Trinajstić information content (AvgIpc) is 3.18. The van der Waals surface area contributed by atoms with E-state index in [4.69, 9.17) is 16.1 Å². The van der Waals surface area contributed by atoms with Gasteiger partial charge in [0, 0.05) is 29.7 Å². The summed E-state index contributed by atoms with van der Waals surface area (Å²) in [6, 6.07) is 10.0. The van der Waals surface area contributed by atoms with Crippen LogP contribution in [0.15, 0.2) is 47.0 Å². The second-order valence-corrected chi connectivity index (χ2v) is 7.11. The van der Waals surface area contributed by atoms with Crippen LogP contribution in [0.5, 0.6) is 0 Å². The van der Waals surface area contributed by atoms with Gasteiger partial charge < -0.3 is 9.42 Å². The van der Waals surface area contributed by atoms with Gasteiger partial charge in [0.05, 0.1) is 11.5 Å². The number of hydrogen-bond donors (Lipinski definition) is 0. The number of nitrogens with zero attached hydrogens (tertiary/aromatic N) is 3. The van der Waals surface area contributed by atoms with Crippen LogP contribution in [-0.2, 0) is 0 Å². The number of benzene rings is 2. The normalized spacial score (nSPS) is 17.0. The molecule has 1 fully saturated rings. The molecule has 0 bridgehead atoms. The number of aromatic nitrogens is 2. The van der Waals surface area contributed by atoms with Gasteiger partial charge in [0.15, 0.2) is 0 Å². The van der Waals surface area contributed by atoms with Gasteiger partial charge in [-0.2, -0.15) is 4.98 Å².